The summed E-state index contributed by atoms with van der Waals surface area (Å²) in [6, 6.07) is 1.48. The van der Waals surface area contributed by atoms with Gasteiger partial charge in [0.2, 0.25) is 5.91 Å². The SMILES string of the molecule is CCC(C(=O)Nc1c(Cl)cc(Cl)c2nsnc12)C(N)=NO. The average Bonchev–Trinajstić information content (AvgIpc) is 2.93. The van der Waals surface area contributed by atoms with Crippen LogP contribution in [0.25, 0.3) is 11.0 Å². The Balaban J connectivity index is 2.40. The lowest BCUT2D eigenvalue weighted by atomic mass is 10.0. The third-order valence-corrected chi connectivity index (χ3v) is 4.00. The molecule has 7 nitrogen and oxygen atoms in total. The van der Waals surface area contributed by atoms with Crippen LogP contribution in [0.3, 0.4) is 0 Å². The molecule has 10 heteroatoms. The fraction of sp³-hybridized carbons (Fsp3) is 0.273. The predicted molar refractivity (Wildman–Crippen MR) is 83.3 cm³/mol. The van der Waals surface area contributed by atoms with Gasteiger partial charge in [-0.3, -0.25) is 4.79 Å². The Kier molecular flexibility index (Phi) is 4.81. The summed E-state index contributed by atoms with van der Waals surface area (Å²) < 4.78 is 8.12. The number of anilines is 1. The summed E-state index contributed by atoms with van der Waals surface area (Å²) in [4.78, 5) is 12.2. The molecule has 1 unspecified atom stereocenters. The van der Waals surface area contributed by atoms with Crippen molar-refractivity contribution in [3.8, 4) is 0 Å². The molecular formula is C11H11Cl2N5O2S. The standard InChI is InChI=1S/C11H11Cl2N5O2S/c1-2-4(10(14)16-20)11(19)15-7-5(12)3-6(13)8-9(7)18-21-17-8/h3-4,20H,2H2,1H3,(H2,14,16)(H,15,19). The molecule has 0 fully saturated rings. The van der Waals surface area contributed by atoms with Gasteiger partial charge in [-0.25, -0.2) is 0 Å². The Bertz CT molecular complexity index is 718. The van der Waals surface area contributed by atoms with Gasteiger partial charge in [0.25, 0.3) is 0 Å². The van der Waals surface area contributed by atoms with Gasteiger partial charge in [0.15, 0.2) is 5.84 Å². The molecule has 0 aliphatic carbocycles. The Morgan fingerprint density at radius 3 is 2.76 bits per heavy atom. The van der Waals surface area contributed by atoms with Crippen LogP contribution in [0.4, 0.5) is 5.69 Å². The summed E-state index contributed by atoms with van der Waals surface area (Å²) in [5.74, 6) is -1.40. The molecule has 0 aliphatic rings. The number of nitrogens with one attached hydrogen (secondary N) is 1. The van der Waals surface area contributed by atoms with E-state index in [0.717, 1.165) is 11.7 Å². The van der Waals surface area contributed by atoms with Crippen molar-refractivity contribution < 1.29 is 10.0 Å². The van der Waals surface area contributed by atoms with E-state index in [-0.39, 0.29) is 10.9 Å². The molecule has 4 N–H and O–H groups in total. The molecule has 2 aromatic rings. The fourth-order valence-corrected chi connectivity index (χ4v) is 2.96. The quantitative estimate of drug-likeness (QED) is 0.340. The number of carbonyl (C=O) groups excluding carboxylic acids is 1. The lowest BCUT2D eigenvalue weighted by Gasteiger charge is -2.14. The first kappa shape index (κ1) is 15.7. The van der Waals surface area contributed by atoms with Gasteiger partial charge in [-0.2, -0.15) is 8.75 Å². The van der Waals surface area contributed by atoms with Gasteiger partial charge in [-0.15, -0.1) is 0 Å². The van der Waals surface area contributed by atoms with Gasteiger partial charge in [0.05, 0.1) is 33.4 Å². The minimum absolute atomic E-state index is 0.173. The highest BCUT2D eigenvalue weighted by atomic mass is 35.5. The van der Waals surface area contributed by atoms with Crippen LogP contribution >= 0.6 is 34.9 Å². The molecule has 0 radical (unpaired) electrons. The molecule has 2 rings (SSSR count). The highest BCUT2D eigenvalue weighted by Crippen LogP contribution is 2.35. The smallest absolute Gasteiger partial charge is 0.235 e. The van der Waals surface area contributed by atoms with Crippen LogP contribution in [0.2, 0.25) is 10.0 Å². The third kappa shape index (κ3) is 3.02. The molecule has 1 amide bonds. The molecule has 21 heavy (non-hydrogen) atoms. The normalized spacial score (nSPS) is 13.4. The third-order valence-electron chi connectivity index (χ3n) is 2.89. The molecule has 1 aromatic carbocycles. The number of amidine groups is 1. The van der Waals surface area contributed by atoms with E-state index < -0.39 is 11.8 Å². The maximum absolute atomic E-state index is 12.2. The van der Waals surface area contributed by atoms with Gasteiger partial charge in [-0.1, -0.05) is 35.3 Å². The van der Waals surface area contributed by atoms with E-state index in [1.54, 1.807) is 6.92 Å². The number of halogens is 2. The maximum atomic E-state index is 12.2. The monoisotopic (exact) mass is 347 g/mol. The molecule has 1 heterocycles. The zero-order valence-corrected chi connectivity index (χ0v) is 13.1. The summed E-state index contributed by atoms with van der Waals surface area (Å²) in [6.45, 7) is 1.74. The molecule has 112 valence electrons. The average molecular weight is 348 g/mol. The first-order valence-corrected chi connectivity index (χ1v) is 7.36. The topological polar surface area (TPSA) is 113 Å². The van der Waals surface area contributed by atoms with Crippen LogP contribution in [-0.2, 0) is 4.79 Å². The van der Waals surface area contributed by atoms with E-state index >= 15 is 0 Å². The zero-order chi connectivity index (χ0) is 15.6. The number of hydrogen-bond acceptors (Lipinski definition) is 6. The molecular weight excluding hydrogens is 337 g/mol. The predicted octanol–water partition coefficient (Wildman–Crippen LogP) is 2.71. The minimum atomic E-state index is -0.775. The summed E-state index contributed by atoms with van der Waals surface area (Å²) in [7, 11) is 0. The van der Waals surface area contributed by atoms with Crippen molar-refractivity contribution in [1.29, 1.82) is 0 Å². The van der Waals surface area contributed by atoms with Crippen molar-refractivity contribution in [3.63, 3.8) is 0 Å². The van der Waals surface area contributed by atoms with Gasteiger partial charge in [0.1, 0.15) is 11.0 Å². The van der Waals surface area contributed by atoms with Crippen LogP contribution in [-0.4, -0.2) is 25.7 Å². The zero-order valence-electron chi connectivity index (χ0n) is 10.8. The van der Waals surface area contributed by atoms with Crippen molar-refractivity contribution in [1.82, 2.24) is 8.75 Å². The Morgan fingerprint density at radius 2 is 2.14 bits per heavy atom. The van der Waals surface area contributed by atoms with Gasteiger partial charge in [-0.05, 0) is 12.5 Å². The van der Waals surface area contributed by atoms with E-state index in [1.807, 2.05) is 0 Å². The van der Waals surface area contributed by atoms with Crippen molar-refractivity contribution in [2.75, 3.05) is 5.32 Å². The number of amides is 1. The first-order valence-electron chi connectivity index (χ1n) is 5.88. The van der Waals surface area contributed by atoms with Gasteiger partial charge >= 0.3 is 0 Å². The number of hydrogen-bond donors (Lipinski definition) is 3. The van der Waals surface area contributed by atoms with E-state index in [4.69, 9.17) is 34.1 Å². The Labute approximate surface area is 134 Å². The summed E-state index contributed by atoms with van der Waals surface area (Å²) in [5.41, 5.74) is 6.66. The Hall–Kier alpha value is -1.64. The summed E-state index contributed by atoms with van der Waals surface area (Å²) in [6.07, 6.45) is 0.366. The van der Waals surface area contributed by atoms with E-state index in [0.29, 0.717) is 28.2 Å². The van der Waals surface area contributed by atoms with Crippen molar-refractivity contribution in [2.45, 2.75) is 13.3 Å². The van der Waals surface area contributed by atoms with Crippen LogP contribution in [0.1, 0.15) is 13.3 Å². The summed E-state index contributed by atoms with van der Waals surface area (Å²) >= 11 is 13.1. The molecule has 1 aromatic heterocycles. The highest BCUT2D eigenvalue weighted by molar-refractivity contribution is 7.00. The number of nitrogens with two attached hydrogens (primary N) is 1. The number of oxime groups is 1. The lowest BCUT2D eigenvalue weighted by Crippen LogP contribution is -2.34. The molecule has 0 spiro atoms. The van der Waals surface area contributed by atoms with E-state index in [2.05, 4.69) is 19.2 Å². The van der Waals surface area contributed by atoms with Crippen LogP contribution < -0.4 is 11.1 Å². The largest absolute Gasteiger partial charge is 0.409 e. The van der Waals surface area contributed by atoms with Gasteiger partial charge < -0.3 is 16.3 Å². The number of fused-ring (bicyclic) bond motifs is 1. The molecule has 0 saturated heterocycles. The first-order chi connectivity index (χ1) is 9.99. The second kappa shape index (κ2) is 6.42. The van der Waals surface area contributed by atoms with Crippen molar-refractivity contribution in [3.05, 3.63) is 16.1 Å². The second-order valence-electron chi connectivity index (χ2n) is 4.15. The van der Waals surface area contributed by atoms with Crippen LogP contribution in [0.5, 0.6) is 0 Å². The number of benzene rings is 1. The molecule has 1 atom stereocenters. The van der Waals surface area contributed by atoms with E-state index in [9.17, 15) is 4.79 Å². The Morgan fingerprint density at radius 1 is 1.48 bits per heavy atom. The summed E-state index contributed by atoms with van der Waals surface area (Å²) in [5, 5.41) is 14.8. The van der Waals surface area contributed by atoms with Crippen molar-refractivity contribution >= 4 is 63.4 Å². The molecule has 0 aliphatic heterocycles. The van der Waals surface area contributed by atoms with Crippen LogP contribution in [0, 0.1) is 5.92 Å². The number of aromatic nitrogens is 2. The molecule has 0 bridgehead atoms. The molecule has 0 saturated carbocycles. The number of nitrogens with zero attached hydrogens (tertiary/aromatic N) is 3. The van der Waals surface area contributed by atoms with Crippen LogP contribution in [0.15, 0.2) is 11.2 Å². The van der Waals surface area contributed by atoms with E-state index in [1.165, 1.54) is 6.07 Å². The number of carbonyl (C=O) groups is 1. The maximum Gasteiger partial charge on any atom is 0.235 e. The fourth-order valence-electron chi connectivity index (χ4n) is 1.80. The number of rotatable bonds is 4. The van der Waals surface area contributed by atoms with Crippen molar-refractivity contribution in [2.24, 2.45) is 16.8 Å². The lowest BCUT2D eigenvalue weighted by molar-refractivity contribution is -0.118. The van der Waals surface area contributed by atoms with Gasteiger partial charge in [0, 0.05) is 0 Å². The highest BCUT2D eigenvalue weighted by Gasteiger charge is 2.24. The minimum Gasteiger partial charge on any atom is -0.409 e. The second-order valence-corrected chi connectivity index (χ2v) is 5.49.